The van der Waals surface area contributed by atoms with Gasteiger partial charge in [0.05, 0.1) is 13.7 Å². The number of methoxy groups -OCH3 is 1. The van der Waals surface area contributed by atoms with Gasteiger partial charge in [-0.15, -0.1) is 24.0 Å². The zero-order valence-corrected chi connectivity index (χ0v) is 20.5. The first-order chi connectivity index (χ1) is 14.0. The summed E-state index contributed by atoms with van der Waals surface area (Å²) >= 11 is 0. The molecule has 0 amide bonds. The van der Waals surface area contributed by atoms with Gasteiger partial charge in [-0.25, -0.2) is 4.99 Å². The molecule has 30 heavy (non-hydrogen) atoms. The lowest BCUT2D eigenvalue weighted by Crippen LogP contribution is -2.43. The first-order valence-electron chi connectivity index (χ1n) is 10.4. The SMILES string of the molecule is CCCN1CCC(CNC(=NCc2cc(OC)ccc2OC(F)F)NCC)CC1.I. The molecule has 1 aliphatic heterocycles. The minimum Gasteiger partial charge on any atom is -0.497 e. The number of guanidine groups is 1. The highest BCUT2D eigenvalue weighted by Gasteiger charge is 2.18. The summed E-state index contributed by atoms with van der Waals surface area (Å²) in [4.78, 5) is 7.08. The van der Waals surface area contributed by atoms with Gasteiger partial charge in [0, 0.05) is 18.7 Å². The van der Waals surface area contributed by atoms with Crippen molar-refractivity contribution in [1.82, 2.24) is 15.5 Å². The fraction of sp³-hybridized carbons (Fsp3) is 0.667. The van der Waals surface area contributed by atoms with Crippen molar-refractivity contribution in [1.29, 1.82) is 0 Å². The fourth-order valence-electron chi connectivity index (χ4n) is 3.49. The van der Waals surface area contributed by atoms with Gasteiger partial charge in [0.1, 0.15) is 11.5 Å². The number of aliphatic imine (C=N–C) groups is 1. The van der Waals surface area contributed by atoms with E-state index in [1.165, 1.54) is 39.0 Å². The Morgan fingerprint density at radius 1 is 1.23 bits per heavy atom. The molecule has 0 bridgehead atoms. The molecule has 1 aromatic rings. The normalized spacial score (nSPS) is 15.6. The summed E-state index contributed by atoms with van der Waals surface area (Å²) in [5.74, 6) is 1.98. The quantitative estimate of drug-likeness (QED) is 0.266. The zero-order valence-electron chi connectivity index (χ0n) is 18.1. The van der Waals surface area contributed by atoms with Crippen LogP contribution in [0.4, 0.5) is 8.78 Å². The molecule has 1 heterocycles. The number of nitrogens with zero attached hydrogens (tertiary/aromatic N) is 2. The molecule has 1 saturated heterocycles. The van der Waals surface area contributed by atoms with E-state index in [0.29, 0.717) is 23.2 Å². The number of rotatable bonds is 10. The molecule has 0 radical (unpaired) electrons. The lowest BCUT2D eigenvalue weighted by atomic mass is 9.97. The highest BCUT2D eigenvalue weighted by Crippen LogP contribution is 2.26. The number of alkyl halides is 2. The van der Waals surface area contributed by atoms with Crippen molar-refractivity contribution >= 4 is 29.9 Å². The van der Waals surface area contributed by atoms with Crippen molar-refractivity contribution in [2.24, 2.45) is 10.9 Å². The Bertz CT molecular complexity index is 641. The van der Waals surface area contributed by atoms with Crippen molar-refractivity contribution < 1.29 is 18.3 Å². The number of benzene rings is 1. The summed E-state index contributed by atoms with van der Waals surface area (Å²) in [6.45, 7) is 6.58. The van der Waals surface area contributed by atoms with Crippen LogP contribution < -0.4 is 20.1 Å². The Labute approximate surface area is 195 Å². The summed E-state index contributed by atoms with van der Waals surface area (Å²) in [5, 5.41) is 6.62. The molecule has 2 rings (SSSR count). The standard InChI is InChI=1S/C21H34F2N4O2.HI/c1-4-10-27-11-8-16(9-12-27)14-25-21(24-5-2)26-15-17-13-18(28-3)6-7-19(17)29-20(22)23;/h6-7,13,16,20H,4-5,8-12,14-15H2,1-3H3,(H2,24,25,26);1H. The second-order valence-electron chi connectivity index (χ2n) is 7.21. The summed E-state index contributed by atoms with van der Waals surface area (Å²) < 4.78 is 35.2. The summed E-state index contributed by atoms with van der Waals surface area (Å²) in [5.41, 5.74) is 0.551. The molecule has 1 fully saturated rings. The second kappa shape index (κ2) is 14.6. The molecule has 0 atom stereocenters. The number of hydrogen-bond acceptors (Lipinski definition) is 4. The molecule has 2 N–H and O–H groups in total. The van der Waals surface area contributed by atoms with Crippen LogP contribution in [0.25, 0.3) is 0 Å². The Morgan fingerprint density at radius 2 is 1.97 bits per heavy atom. The minimum atomic E-state index is -2.88. The summed E-state index contributed by atoms with van der Waals surface area (Å²) in [7, 11) is 1.54. The van der Waals surface area contributed by atoms with Crippen LogP contribution in [-0.4, -0.2) is 57.3 Å². The van der Waals surface area contributed by atoms with Gasteiger partial charge < -0.3 is 25.0 Å². The molecule has 0 aliphatic carbocycles. The van der Waals surface area contributed by atoms with Crippen LogP contribution >= 0.6 is 24.0 Å². The van der Waals surface area contributed by atoms with Gasteiger partial charge in [0.2, 0.25) is 0 Å². The van der Waals surface area contributed by atoms with E-state index >= 15 is 0 Å². The maximum Gasteiger partial charge on any atom is 0.387 e. The van der Waals surface area contributed by atoms with Gasteiger partial charge >= 0.3 is 6.61 Å². The maximum absolute atomic E-state index is 12.7. The molecule has 0 spiro atoms. The molecule has 6 nitrogen and oxygen atoms in total. The number of nitrogens with one attached hydrogen (secondary N) is 2. The number of halogens is 3. The average molecular weight is 540 g/mol. The number of likely N-dealkylation sites (tertiary alicyclic amines) is 1. The molecular weight excluding hydrogens is 505 g/mol. The van der Waals surface area contributed by atoms with Gasteiger partial charge in [-0.3, -0.25) is 0 Å². The third kappa shape index (κ3) is 9.20. The molecule has 1 aliphatic rings. The molecule has 172 valence electrons. The largest absolute Gasteiger partial charge is 0.497 e. The van der Waals surface area contributed by atoms with Crippen molar-refractivity contribution in [2.45, 2.75) is 46.3 Å². The van der Waals surface area contributed by atoms with Crippen LogP contribution in [0.1, 0.15) is 38.7 Å². The molecule has 0 aromatic heterocycles. The Morgan fingerprint density at radius 3 is 2.57 bits per heavy atom. The van der Waals surface area contributed by atoms with Crippen molar-refractivity contribution in [3.8, 4) is 11.5 Å². The van der Waals surface area contributed by atoms with E-state index in [2.05, 4.69) is 32.2 Å². The Kier molecular flexibility index (Phi) is 13.0. The monoisotopic (exact) mass is 540 g/mol. The van der Waals surface area contributed by atoms with Crippen LogP contribution in [0, 0.1) is 5.92 Å². The molecule has 9 heteroatoms. The third-order valence-corrected chi connectivity index (χ3v) is 5.04. The van der Waals surface area contributed by atoms with Gasteiger partial charge in [-0.1, -0.05) is 6.92 Å². The van der Waals surface area contributed by atoms with Gasteiger partial charge in [-0.05, 0) is 69.9 Å². The molecule has 0 saturated carbocycles. The number of hydrogen-bond donors (Lipinski definition) is 2. The topological polar surface area (TPSA) is 58.1 Å². The lowest BCUT2D eigenvalue weighted by molar-refractivity contribution is -0.0504. The van der Waals surface area contributed by atoms with Crippen molar-refractivity contribution in [3.63, 3.8) is 0 Å². The lowest BCUT2D eigenvalue weighted by Gasteiger charge is -2.32. The van der Waals surface area contributed by atoms with E-state index in [4.69, 9.17) is 4.74 Å². The van der Waals surface area contributed by atoms with Crippen LogP contribution in [-0.2, 0) is 6.54 Å². The van der Waals surface area contributed by atoms with Crippen molar-refractivity contribution in [2.75, 3.05) is 39.8 Å². The first-order valence-corrected chi connectivity index (χ1v) is 10.4. The average Bonchev–Trinajstić information content (AvgIpc) is 2.72. The predicted molar refractivity (Wildman–Crippen MR) is 127 cm³/mol. The van der Waals surface area contributed by atoms with Crippen LogP contribution in [0.15, 0.2) is 23.2 Å². The van der Waals surface area contributed by atoms with Gasteiger partial charge in [-0.2, -0.15) is 8.78 Å². The van der Waals surface area contributed by atoms with Crippen molar-refractivity contribution in [3.05, 3.63) is 23.8 Å². The molecule has 1 aromatic carbocycles. The van der Waals surface area contributed by atoms with E-state index in [0.717, 1.165) is 26.2 Å². The second-order valence-corrected chi connectivity index (χ2v) is 7.21. The van der Waals surface area contributed by atoms with E-state index in [-0.39, 0.29) is 36.3 Å². The summed E-state index contributed by atoms with van der Waals surface area (Å²) in [6, 6.07) is 4.76. The highest BCUT2D eigenvalue weighted by molar-refractivity contribution is 14.0. The predicted octanol–water partition coefficient (Wildman–Crippen LogP) is 4.09. The zero-order chi connectivity index (χ0) is 21.1. The smallest absolute Gasteiger partial charge is 0.387 e. The van der Waals surface area contributed by atoms with Crippen LogP contribution in [0.5, 0.6) is 11.5 Å². The van der Waals surface area contributed by atoms with Gasteiger partial charge in [0.15, 0.2) is 5.96 Å². The van der Waals surface area contributed by atoms with E-state index in [1.807, 2.05) is 6.92 Å². The Balaban J connectivity index is 0.00000450. The maximum atomic E-state index is 12.7. The number of piperidine rings is 1. The van der Waals surface area contributed by atoms with Crippen LogP contribution in [0.3, 0.4) is 0 Å². The fourth-order valence-corrected chi connectivity index (χ4v) is 3.49. The molecule has 0 unspecified atom stereocenters. The first kappa shape index (κ1) is 26.7. The summed E-state index contributed by atoms with van der Waals surface area (Å²) in [6.07, 6.45) is 3.55. The van der Waals surface area contributed by atoms with E-state index < -0.39 is 6.61 Å². The van der Waals surface area contributed by atoms with E-state index in [1.54, 1.807) is 12.1 Å². The minimum absolute atomic E-state index is 0. The third-order valence-electron chi connectivity index (χ3n) is 5.04. The van der Waals surface area contributed by atoms with Crippen LogP contribution in [0.2, 0.25) is 0 Å². The Hall–Kier alpha value is -1.36. The number of ether oxygens (including phenoxy) is 2. The highest BCUT2D eigenvalue weighted by atomic mass is 127. The molecular formula is C21H35F2IN4O2. The van der Waals surface area contributed by atoms with Gasteiger partial charge in [0.25, 0.3) is 0 Å². The van der Waals surface area contributed by atoms with E-state index in [9.17, 15) is 8.78 Å².